The molecule has 0 unspecified atom stereocenters. The second-order valence-corrected chi connectivity index (χ2v) is 9.48. The summed E-state index contributed by atoms with van der Waals surface area (Å²) in [5.74, 6) is 1.16. The van der Waals surface area contributed by atoms with Crippen LogP contribution in [0.1, 0.15) is 45.0 Å². The molecule has 1 N–H and O–H groups in total. The van der Waals surface area contributed by atoms with E-state index in [1.54, 1.807) is 11.3 Å². The molecule has 0 spiro atoms. The number of methoxy groups -OCH3 is 1. The Morgan fingerprint density at radius 2 is 2.17 bits per heavy atom. The molecule has 158 valence electrons. The molecule has 1 saturated heterocycles. The van der Waals surface area contributed by atoms with E-state index in [2.05, 4.69) is 30.1 Å². The third kappa shape index (κ3) is 4.55. The van der Waals surface area contributed by atoms with Crippen molar-refractivity contribution in [1.82, 2.24) is 19.4 Å². The smallest absolute Gasteiger partial charge is 0.350 e. The van der Waals surface area contributed by atoms with Gasteiger partial charge in [-0.3, -0.25) is 0 Å². The van der Waals surface area contributed by atoms with Crippen LogP contribution in [-0.2, 0) is 11.3 Å². The Morgan fingerprint density at radius 1 is 1.37 bits per heavy atom. The number of esters is 1. The fourth-order valence-electron chi connectivity index (χ4n) is 3.66. The van der Waals surface area contributed by atoms with Gasteiger partial charge in [0, 0.05) is 36.8 Å². The maximum Gasteiger partial charge on any atom is 0.350 e. The third-order valence-corrected chi connectivity index (χ3v) is 7.25. The number of hydrogen-bond acceptors (Lipinski definition) is 7. The van der Waals surface area contributed by atoms with E-state index >= 15 is 0 Å². The number of likely N-dealkylation sites (tertiary alicyclic amines) is 1. The average molecular weight is 462 g/mol. The second kappa shape index (κ2) is 9.23. The van der Waals surface area contributed by atoms with Gasteiger partial charge in [0.25, 0.3) is 0 Å². The minimum Gasteiger partial charge on any atom is -0.465 e. The molecule has 10 heteroatoms. The summed E-state index contributed by atoms with van der Waals surface area (Å²) in [6, 6.07) is 1.85. The van der Waals surface area contributed by atoms with E-state index in [0.29, 0.717) is 21.6 Å². The highest BCUT2D eigenvalue weighted by Gasteiger charge is 2.26. The molecule has 1 aliphatic rings. The molecule has 4 rings (SSSR count). The van der Waals surface area contributed by atoms with Gasteiger partial charge in [-0.15, -0.1) is 22.7 Å². The molecule has 0 saturated carbocycles. The zero-order chi connectivity index (χ0) is 21.1. The number of aromatic nitrogens is 3. The molecule has 7 nitrogen and oxygen atoms in total. The maximum absolute atomic E-state index is 11.9. The molecule has 4 heterocycles. The number of piperidine rings is 1. The molecular weight excluding hydrogens is 438 g/mol. The van der Waals surface area contributed by atoms with E-state index in [0.717, 1.165) is 49.0 Å². The summed E-state index contributed by atoms with van der Waals surface area (Å²) in [6.07, 6.45) is 5.86. The standard InChI is InChI=1S/C20H23N5O2S3/c1-13-22-15(12-30-13)11-25-9-6-21-18(25)14-3-7-24(8-4-14)20(28)23-16-5-10-29-17(16)19(26)27-2/h5-6,9-10,12,14H,3-4,7-8,11H2,1-2H3,(H,23,28). The number of nitrogens with zero attached hydrogens (tertiary/aromatic N) is 4. The van der Waals surface area contributed by atoms with E-state index in [1.807, 2.05) is 30.8 Å². The lowest BCUT2D eigenvalue weighted by Crippen LogP contribution is -2.40. The first kappa shape index (κ1) is 21.0. The van der Waals surface area contributed by atoms with Crippen molar-refractivity contribution in [3.05, 3.63) is 50.6 Å². The van der Waals surface area contributed by atoms with Crippen molar-refractivity contribution >= 4 is 51.7 Å². The number of carbonyl (C=O) groups excluding carboxylic acids is 1. The molecule has 0 bridgehead atoms. The van der Waals surface area contributed by atoms with E-state index in [1.165, 1.54) is 18.4 Å². The van der Waals surface area contributed by atoms with Crippen LogP contribution in [0.5, 0.6) is 0 Å². The topological polar surface area (TPSA) is 72.3 Å². The van der Waals surface area contributed by atoms with Gasteiger partial charge < -0.3 is 19.5 Å². The van der Waals surface area contributed by atoms with Gasteiger partial charge >= 0.3 is 5.97 Å². The zero-order valence-electron chi connectivity index (χ0n) is 16.8. The van der Waals surface area contributed by atoms with Crippen LogP contribution in [0.25, 0.3) is 0 Å². The Bertz CT molecular complexity index is 1030. The molecule has 30 heavy (non-hydrogen) atoms. The summed E-state index contributed by atoms with van der Waals surface area (Å²) in [6.45, 7) is 4.47. The lowest BCUT2D eigenvalue weighted by molar-refractivity contribution is 0.0607. The van der Waals surface area contributed by atoms with Gasteiger partial charge in [-0.2, -0.15) is 0 Å². The number of imidazole rings is 1. The van der Waals surface area contributed by atoms with Gasteiger partial charge in [0.15, 0.2) is 5.11 Å². The lowest BCUT2D eigenvalue weighted by Gasteiger charge is -2.33. The van der Waals surface area contributed by atoms with Crippen molar-refractivity contribution in [2.75, 3.05) is 25.5 Å². The van der Waals surface area contributed by atoms with Crippen molar-refractivity contribution in [3.63, 3.8) is 0 Å². The monoisotopic (exact) mass is 461 g/mol. The molecule has 0 amide bonds. The number of rotatable bonds is 5. The third-order valence-electron chi connectivity index (χ3n) is 5.17. The molecule has 3 aromatic rings. The molecule has 1 aliphatic heterocycles. The van der Waals surface area contributed by atoms with Gasteiger partial charge in [-0.1, -0.05) is 0 Å². The number of thiocarbonyl (C=S) groups is 1. The second-order valence-electron chi connectivity index (χ2n) is 7.12. The quantitative estimate of drug-likeness (QED) is 0.453. The van der Waals surface area contributed by atoms with Gasteiger partial charge in [0.05, 0.1) is 30.0 Å². The average Bonchev–Trinajstić information content (AvgIpc) is 3.49. The first-order valence-electron chi connectivity index (χ1n) is 9.69. The predicted molar refractivity (Wildman–Crippen MR) is 124 cm³/mol. The van der Waals surface area contributed by atoms with Gasteiger partial charge in [0.2, 0.25) is 0 Å². The lowest BCUT2D eigenvalue weighted by atomic mass is 9.96. The summed E-state index contributed by atoms with van der Waals surface area (Å²) in [4.78, 5) is 23.8. The Balaban J connectivity index is 1.35. The highest BCUT2D eigenvalue weighted by atomic mass is 32.1. The van der Waals surface area contributed by atoms with Crippen molar-refractivity contribution in [1.29, 1.82) is 0 Å². The number of ether oxygens (including phenoxy) is 1. The number of hydrogen-bond donors (Lipinski definition) is 1. The Kier molecular flexibility index (Phi) is 6.45. The number of carbonyl (C=O) groups is 1. The molecule has 0 radical (unpaired) electrons. The zero-order valence-corrected chi connectivity index (χ0v) is 19.3. The van der Waals surface area contributed by atoms with Gasteiger partial charge in [0.1, 0.15) is 10.7 Å². The van der Waals surface area contributed by atoms with Crippen LogP contribution in [0.4, 0.5) is 5.69 Å². The van der Waals surface area contributed by atoms with Crippen LogP contribution in [0, 0.1) is 6.92 Å². The Labute approximate surface area is 188 Å². The molecular formula is C20H23N5O2S3. The Hall–Kier alpha value is -2.30. The Morgan fingerprint density at radius 3 is 2.87 bits per heavy atom. The molecule has 0 atom stereocenters. The molecule has 3 aromatic heterocycles. The number of thiophene rings is 1. The van der Waals surface area contributed by atoms with Crippen molar-refractivity contribution < 1.29 is 9.53 Å². The van der Waals surface area contributed by atoms with Crippen molar-refractivity contribution in [2.45, 2.75) is 32.2 Å². The van der Waals surface area contributed by atoms with Crippen molar-refractivity contribution in [3.8, 4) is 0 Å². The predicted octanol–water partition coefficient (Wildman–Crippen LogP) is 4.12. The summed E-state index contributed by atoms with van der Waals surface area (Å²) >= 11 is 8.62. The first-order valence-corrected chi connectivity index (χ1v) is 11.9. The summed E-state index contributed by atoms with van der Waals surface area (Å²) in [7, 11) is 1.38. The van der Waals surface area contributed by atoms with E-state index < -0.39 is 0 Å². The van der Waals surface area contributed by atoms with Crippen LogP contribution >= 0.6 is 34.9 Å². The van der Waals surface area contributed by atoms with Crippen LogP contribution < -0.4 is 5.32 Å². The van der Waals surface area contributed by atoms with Crippen LogP contribution in [0.15, 0.2) is 29.2 Å². The highest BCUT2D eigenvalue weighted by Crippen LogP contribution is 2.29. The van der Waals surface area contributed by atoms with Crippen LogP contribution in [0.2, 0.25) is 0 Å². The van der Waals surface area contributed by atoms with Gasteiger partial charge in [-0.25, -0.2) is 14.8 Å². The molecule has 0 aliphatic carbocycles. The minimum atomic E-state index is -0.351. The number of anilines is 1. The maximum atomic E-state index is 11.9. The van der Waals surface area contributed by atoms with Crippen LogP contribution in [-0.4, -0.2) is 50.7 Å². The fraction of sp³-hybridized carbons (Fsp3) is 0.400. The number of nitrogens with one attached hydrogen (secondary N) is 1. The summed E-state index contributed by atoms with van der Waals surface area (Å²) in [5, 5.41) is 8.90. The molecule has 0 aromatic carbocycles. The summed E-state index contributed by atoms with van der Waals surface area (Å²) < 4.78 is 7.04. The van der Waals surface area contributed by atoms with Crippen molar-refractivity contribution in [2.24, 2.45) is 0 Å². The fourth-order valence-corrected chi connectivity index (χ4v) is 5.33. The minimum absolute atomic E-state index is 0.351. The number of thiazole rings is 1. The van der Waals surface area contributed by atoms with Gasteiger partial charge in [-0.05, 0) is 43.4 Å². The summed E-state index contributed by atoms with van der Waals surface area (Å²) in [5.41, 5.74) is 1.78. The SMILES string of the molecule is COC(=O)c1sccc1NC(=S)N1CCC(c2nccn2Cc2csc(C)n2)CC1. The number of aryl methyl sites for hydroxylation is 1. The normalized spacial score (nSPS) is 14.7. The van der Waals surface area contributed by atoms with E-state index in [9.17, 15) is 4.79 Å². The largest absolute Gasteiger partial charge is 0.465 e. The first-order chi connectivity index (χ1) is 14.5. The van der Waals surface area contributed by atoms with Crippen LogP contribution in [0.3, 0.4) is 0 Å². The molecule has 1 fully saturated rings. The van der Waals surface area contributed by atoms with E-state index in [-0.39, 0.29) is 5.97 Å². The highest BCUT2D eigenvalue weighted by molar-refractivity contribution is 7.80. The van der Waals surface area contributed by atoms with E-state index in [4.69, 9.17) is 17.0 Å².